The summed E-state index contributed by atoms with van der Waals surface area (Å²) in [6.07, 6.45) is 2.43. The molecule has 3 N–H and O–H groups in total. The van der Waals surface area contributed by atoms with E-state index in [1.807, 2.05) is 12.1 Å². The minimum atomic E-state index is -0.306. The molecule has 2 aromatic rings. The number of H-pyrrole nitrogens is 1. The number of aromatic amines is 1. The molecule has 7 heteroatoms. The summed E-state index contributed by atoms with van der Waals surface area (Å²) < 4.78 is 0.808. The number of halogens is 1. The van der Waals surface area contributed by atoms with Crippen LogP contribution in [0.4, 0.5) is 5.69 Å². The number of amides is 3. The zero-order valence-electron chi connectivity index (χ0n) is 12.1. The lowest BCUT2D eigenvalue weighted by atomic mass is 9.98. The monoisotopic (exact) mass is 375 g/mol. The number of rotatable bonds is 4. The Morgan fingerprint density at radius 2 is 2.00 bits per heavy atom. The Bertz CT molecular complexity index is 767. The predicted molar refractivity (Wildman–Crippen MR) is 87.8 cm³/mol. The van der Waals surface area contributed by atoms with Gasteiger partial charge in [0.05, 0.1) is 5.92 Å². The number of anilines is 1. The number of aromatic nitrogens is 1. The van der Waals surface area contributed by atoms with Gasteiger partial charge in [-0.2, -0.15) is 0 Å². The highest BCUT2D eigenvalue weighted by Gasteiger charge is 2.30. The molecule has 1 aliphatic heterocycles. The van der Waals surface area contributed by atoms with Crippen molar-refractivity contribution in [1.82, 2.24) is 10.3 Å². The van der Waals surface area contributed by atoms with Gasteiger partial charge in [-0.1, -0.05) is 12.1 Å². The molecule has 1 aromatic heterocycles. The summed E-state index contributed by atoms with van der Waals surface area (Å²) in [6, 6.07) is 8.94. The van der Waals surface area contributed by atoms with Crippen molar-refractivity contribution in [3.8, 4) is 0 Å². The fourth-order valence-corrected chi connectivity index (χ4v) is 2.82. The lowest BCUT2D eigenvalue weighted by molar-refractivity contribution is -0.125. The molecule has 0 spiro atoms. The first kappa shape index (κ1) is 15.5. The molecule has 1 atom stereocenters. The van der Waals surface area contributed by atoms with Crippen LogP contribution < -0.4 is 10.6 Å². The third-order valence-electron chi connectivity index (χ3n) is 3.65. The molecule has 23 heavy (non-hydrogen) atoms. The van der Waals surface area contributed by atoms with Crippen LogP contribution in [0.3, 0.4) is 0 Å². The average Bonchev–Trinajstić information content (AvgIpc) is 3.07. The second kappa shape index (κ2) is 6.37. The molecule has 0 saturated carbocycles. The van der Waals surface area contributed by atoms with E-state index in [9.17, 15) is 14.4 Å². The van der Waals surface area contributed by atoms with E-state index in [-0.39, 0.29) is 30.1 Å². The van der Waals surface area contributed by atoms with E-state index in [1.165, 1.54) is 0 Å². The summed E-state index contributed by atoms with van der Waals surface area (Å²) in [6.45, 7) is 0. The Morgan fingerprint density at radius 1 is 1.26 bits per heavy atom. The van der Waals surface area contributed by atoms with Crippen molar-refractivity contribution >= 4 is 39.3 Å². The first-order valence-corrected chi connectivity index (χ1v) is 7.88. The summed E-state index contributed by atoms with van der Waals surface area (Å²) in [5.41, 5.74) is 2.07. The van der Waals surface area contributed by atoms with Gasteiger partial charge in [0.1, 0.15) is 5.69 Å². The van der Waals surface area contributed by atoms with Gasteiger partial charge in [0, 0.05) is 22.8 Å². The number of nitrogens with one attached hydrogen (secondary N) is 3. The summed E-state index contributed by atoms with van der Waals surface area (Å²) in [4.78, 5) is 37.6. The predicted octanol–water partition coefficient (Wildman–Crippen LogP) is 2.23. The van der Waals surface area contributed by atoms with Gasteiger partial charge in [0.25, 0.3) is 5.91 Å². The number of hydrogen-bond donors (Lipinski definition) is 3. The maximum Gasteiger partial charge on any atom is 0.272 e. The molecule has 1 aliphatic rings. The quantitative estimate of drug-likeness (QED) is 0.715. The largest absolute Gasteiger partial charge is 0.356 e. The minimum Gasteiger partial charge on any atom is -0.356 e. The molecule has 1 fully saturated rings. The SMILES string of the molecule is O=C1CC(Cc2ccc(NC(=O)c3cc(Br)c[nH]3)cc2)C(=O)N1. The van der Waals surface area contributed by atoms with Gasteiger partial charge in [0.2, 0.25) is 11.8 Å². The van der Waals surface area contributed by atoms with Crippen molar-refractivity contribution in [3.63, 3.8) is 0 Å². The number of imide groups is 1. The van der Waals surface area contributed by atoms with E-state index in [4.69, 9.17) is 0 Å². The van der Waals surface area contributed by atoms with E-state index >= 15 is 0 Å². The van der Waals surface area contributed by atoms with Crippen LogP contribution in [0.25, 0.3) is 0 Å². The molecule has 2 heterocycles. The fourth-order valence-electron chi connectivity index (χ4n) is 2.48. The van der Waals surface area contributed by atoms with Crippen LogP contribution in [0.5, 0.6) is 0 Å². The Morgan fingerprint density at radius 3 is 2.57 bits per heavy atom. The normalized spacial score (nSPS) is 17.2. The van der Waals surface area contributed by atoms with Crippen LogP contribution in [0.1, 0.15) is 22.5 Å². The van der Waals surface area contributed by atoms with Crippen molar-refractivity contribution in [2.75, 3.05) is 5.32 Å². The van der Waals surface area contributed by atoms with Gasteiger partial charge < -0.3 is 10.3 Å². The Kier molecular flexibility index (Phi) is 4.29. The molecule has 6 nitrogen and oxygen atoms in total. The zero-order valence-corrected chi connectivity index (χ0v) is 13.6. The highest BCUT2D eigenvalue weighted by Crippen LogP contribution is 2.19. The number of carbonyl (C=O) groups is 3. The van der Waals surface area contributed by atoms with Crippen LogP contribution in [0.2, 0.25) is 0 Å². The molecular formula is C16H14BrN3O3. The van der Waals surface area contributed by atoms with Crippen LogP contribution in [0, 0.1) is 5.92 Å². The van der Waals surface area contributed by atoms with E-state index < -0.39 is 0 Å². The topological polar surface area (TPSA) is 91.1 Å². The van der Waals surface area contributed by atoms with Gasteiger partial charge in [-0.3, -0.25) is 19.7 Å². The number of carbonyl (C=O) groups excluding carboxylic acids is 3. The number of hydrogen-bond acceptors (Lipinski definition) is 3. The van der Waals surface area contributed by atoms with Gasteiger partial charge in [-0.05, 0) is 46.1 Å². The number of benzene rings is 1. The van der Waals surface area contributed by atoms with Crippen molar-refractivity contribution in [2.24, 2.45) is 5.92 Å². The van der Waals surface area contributed by atoms with Crippen molar-refractivity contribution in [1.29, 1.82) is 0 Å². The smallest absolute Gasteiger partial charge is 0.272 e. The summed E-state index contributed by atoms with van der Waals surface area (Å²) >= 11 is 3.28. The van der Waals surface area contributed by atoms with Crippen LogP contribution in [-0.4, -0.2) is 22.7 Å². The van der Waals surface area contributed by atoms with Gasteiger partial charge in [-0.15, -0.1) is 0 Å². The average molecular weight is 376 g/mol. The molecule has 118 valence electrons. The highest BCUT2D eigenvalue weighted by atomic mass is 79.9. The second-order valence-electron chi connectivity index (χ2n) is 5.40. The van der Waals surface area contributed by atoms with E-state index in [2.05, 4.69) is 31.5 Å². The Balaban J connectivity index is 1.62. The highest BCUT2D eigenvalue weighted by molar-refractivity contribution is 9.10. The van der Waals surface area contributed by atoms with Crippen molar-refractivity contribution in [2.45, 2.75) is 12.8 Å². The third-order valence-corrected chi connectivity index (χ3v) is 4.11. The van der Waals surface area contributed by atoms with Gasteiger partial charge in [0.15, 0.2) is 0 Å². The fraction of sp³-hybridized carbons (Fsp3) is 0.188. The Hall–Kier alpha value is -2.41. The third kappa shape index (κ3) is 3.68. The maximum atomic E-state index is 12.0. The molecule has 3 rings (SSSR count). The standard InChI is InChI=1S/C16H14BrN3O3/c17-11-7-13(18-8-11)16(23)19-12-3-1-9(2-4-12)5-10-6-14(21)20-15(10)22/h1-4,7-8,10,18H,5-6H2,(H,19,23)(H,20,21,22). The molecule has 1 saturated heterocycles. The first-order chi connectivity index (χ1) is 11.0. The molecular weight excluding hydrogens is 362 g/mol. The summed E-state index contributed by atoms with van der Waals surface area (Å²) in [7, 11) is 0. The molecule has 0 radical (unpaired) electrons. The Labute approximate surface area is 140 Å². The lowest BCUT2D eigenvalue weighted by Gasteiger charge is -2.08. The van der Waals surface area contributed by atoms with Crippen LogP contribution in [0.15, 0.2) is 41.0 Å². The molecule has 0 aliphatic carbocycles. The summed E-state index contributed by atoms with van der Waals surface area (Å²) in [5.74, 6) is -0.978. The van der Waals surface area contributed by atoms with E-state index in [0.717, 1.165) is 10.0 Å². The van der Waals surface area contributed by atoms with E-state index in [1.54, 1.807) is 24.4 Å². The van der Waals surface area contributed by atoms with Gasteiger partial charge >= 0.3 is 0 Å². The zero-order chi connectivity index (χ0) is 16.4. The first-order valence-electron chi connectivity index (χ1n) is 7.09. The van der Waals surface area contributed by atoms with Crippen LogP contribution in [-0.2, 0) is 16.0 Å². The van der Waals surface area contributed by atoms with Crippen molar-refractivity contribution in [3.05, 3.63) is 52.3 Å². The summed E-state index contributed by atoms with van der Waals surface area (Å²) in [5, 5.41) is 5.09. The van der Waals surface area contributed by atoms with Gasteiger partial charge in [-0.25, -0.2) is 0 Å². The molecule has 0 bridgehead atoms. The van der Waals surface area contributed by atoms with Crippen LogP contribution >= 0.6 is 15.9 Å². The van der Waals surface area contributed by atoms with E-state index in [0.29, 0.717) is 17.8 Å². The molecule has 3 amide bonds. The second-order valence-corrected chi connectivity index (χ2v) is 6.32. The van der Waals surface area contributed by atoms with Crippen molar-refractivity contribution < 1.29 is 14.4 Å². The molecule has 1 aromatic carbocycles. The lowest BCUT2D eigenvalue weighted by Crippen LogP contribution is -2.22. The molecule has 1 unspecified atom stereocenters. The minimum absolute atomic E-state index is 0.218. The maximum absolute atomic E-state index is 12.0.